The smallest absolute Gasteiger partial charge is 0.338 e. The van der Waals surface area contributed by atoms with Crippen molar-refractivity contribution in [1.29, 1.82) is 0 Å². The van der Waals surface area contributed by atoms with Crippen LogP contribution in [0.3, 0.4) is 0 Å². The summed E-state index contributed by atoms with van der Waals surface area (Å²) >= 11 is 0. The predicted octanol–water partition coefficient (Wildman–Crippen LogP) is 0.988. The van der Waals surface area contributed by atoms with Crippen LogP contribution in [0.1, 0.15) is 33.6 Å². The summed E-state index contributed by atoms with van der Waals surface area (Å²) in [5.74, 6) is -0.182. The molecule has 118 valence electrons. The van der Waals surface area contributed by atoms with Gasteiger partial charge in [-0.3, -0.25) is 4.79 Å². The number of amides is 1. The fourth-order valence-electron chi connectivity index (χ4n) is 3.58. The number of aromatic hydroxyl groups is 1. The van der Waals surface area contributed by atoms with Gasteiger partial charge < -0.3 is 20.5 Å². The Labute approximate surface area is 128 Å². The van der Waals surface area contributed by atoms with Crippen LogP contribution in [-0.4, -0.2) is 48.1 Å². The molecule has 1 saturated heterocycles. The number of benzene rings is 1. The molecule has 3 atom stereocenters. The van der Waals surface area contributed by atoms with E-state index in [-0.39, 0.29) is 23.3 Å². The summed E-state index contributed by atoms with van der Waals surface area (Å²) in [5.41, 5.74) is 6.62. The highest BCUT2D eigenvalue weighted by molar-refractivity contribution is 5.98. The Hall–Kier alpha value is -2.08. The van der Waals surface area contributed by atoms with E-state index in [9.17, 15) is 14.7 Å². The molecule has 6 heteroatoms. The lowest BCUT2D eigenvalue weighted by molar-refractivity contribution is 0.0600. The highest BCUT2D eigenvalue weighted by Gasteiger charge is 2.41. The molecule has 2 fully saturated rings. The third-order valence-electron chi connectivity index (χ3n) is 4.78. The first-order chi connectivity index (χ1) is 10.5. The molecule has 2 bridgehead atoms. The third-order valence-corrected chi connectivity index (χ3v) is 4.78. The van der Waals surface area contributed by atoms with Gasteiger partial charge >= 0.3 is 5.97 Å². The monoisotopic (exact) mass is 304 g/mol. The van der Waals surface area contributed by atoms with Gasteiger partial charge in [-0.2, -0.15) is 0 Å². The lowest BCUT2D eigenvalue weighted by Crippen LogP contribution is -2.50. The number of rotatable bonds is 2. The number of phenols is 1. The number of nitrogens with zero attached hydrogens (tertiary/aromatic N) is 1. The maximum atomic E-state index is 12.7. The summed E-state index contributed by atoms with van der Waals surface area (Å²) in [6.45, 7) is 1.28. The second-order valence-corrected chi connectivity index (χ2v) is 6.15. The van der Waals surface area contributed by atoms with Crippen molar-refractivity contribution in [3.63, 3.8) is 0 Å². The topological polar surface area (TPSA) is 92.9 Å². The molecule has 1 aromatic carbocycles. The molecule has 0 radical (unpaired) electrons. The van der Waals surface area contributed by atoms with Crippen LogP contribution in [0.15, 0.2) is 18.2 Å². The summed E-state index contributed by atoms with van der Waals surface area (Å²) in [7, 11) is 1.26. The van der Waals surface area contributed by atoms with Gasteiger partial charge in [0.25, 0.3) is 5.91 Å². The molecule has 0 spiro atoms. The first-order valence-electron chi connectivity index (χ1n) is 7.47. The van der Waals surface area contributed by atoms with Crippen LogP contribution in [0.25, 0.3) is 0 Å². The largest absolute Gasteiger partial charge is 0.508 e. The molecule has 22 heavy (non-hydrogen) atoms. The van der Waals surface area contributed by atoms with E-state index in [2.05, 4.69) is 4.74 Å². The Morgan fingerprint density at radius 2 is 1.77 bits per heavy atom. The van der Waals surface area contributed by atoms with Crippen LogP contribution in [0.5, 0.6) is 5.75 Å². The van der Waals surface area contributed by atoms with Gasteiger partial charge in [-0.25, -0.2) is 4.79 Å². The first kappa shape index (κ1) is 14.8. The van der Waals surface area contributed by atoms with E-state index in [1.807, 2.05) is 0 Å². The summed E-state index contributed by atoms with van der Waals surface area (Å²) in [4.78, 5) is 26.0. The van der Waals surface area contributed by atoms with Gasteiger partial charge in [0.1, 0.15) is 5.75 Å². The summed E-state index contributed by atoms with van der Waals surface area (Å²) < 4.78 is 4.64. The average molecular weight is 304 g/mol. The minimum absolute atomic E-state index is 0.122. The van der Waals surface area contributed by atoms with Crippen LogP contribution >= 0.6 is 0 Å². The van der Waals surface area contributed by atoms with Crippen LogP contribution in [0, 0.1) is 11.8 Å². The number of ether oxygens (including phenoxy) is 1. The number of carbonyl (C=O) groups is 2. The van der Waals surface area contributed by atoms with E-state index in [1.165, 1.54) is 25.3 Å². The van der Waals surface area contributed by atoms with E-state index < -0.39 is 5.97 Å². The van der Waals surface area contributed by atoms with Crippen LogP contribution in [0.4, 0.5) is 0 Å². The standard InChI is InChI=1S/C16H20N2O4/c1-22-16(21)12-4-11(5-13(19)6-12)15(20)18-7-9-2-3-10(8-18)14(9)17/h4-6,9-10,14,19H,2-3,7-8,17H2,1H3/t9-,10+,14?. The molecular weight excluding hydrogens is 284 g/mol. The number of fused-ring (bicyclic) bond motifs is 2. The van der Waals surface area contributed by atoms with E-state index in [1.54, 1.807) is 4.90 Å². The molecule has 3 rings (SSSR count). The number of likely N-dealkylation sites (tertiary alicyclic amines) is 1. The summed E-state index contributed by atoms with van der Waals surface area (Å²) in [6, 6.07) is 4.31. The van der Waals surface area contributed by atoms with Crippen molar-refractivity contribution < 1.29 is 19.4 Å². The summed E-state index contributed by atoms with van der Waals surface area (Å²) in [5, 5.41) is 9.75. The Kier molecular flexibility index (Phi) is 3.78. The zero-order valence-corrected chi connectivity index (χ0v) is 12.5. The lowest BCUT2D eigenvalue weighted by atomic mass is 9.92. The van der Waals surface area contributed by atoms with Crippen molar-refractivity contribution in [3.8, 4) is 5.75 Å². The number of nitrogens with two attached hydrogens (primary N) is 1. The molecular formula is C16H20N2O4. The number of carbonyl (C=O) groups excluding carboxylic acids is 2. The maximum absolute atomic E-state index is 12.7. The van der Waals surface area contributed by atoms with Crippen molar-refractivity contribution in [2.75, 3.05) is 20.2 Å². The maximum Gasteiger partial charge on any atom is 0.338 e. The SMILES string of the molecule is COC(=O)c1cc(O)cc(C(=O)N2C[C@H]3CC[C@@H](C2)C3N)c1. The minimum atomic E-state index is -0.578. The number of methoxy groups -OCH3 is 1. The molecule has 1 unspecified atom stereocenters. The highest BCUT2D eigenvalue weighted by Crippen LogP contribution is 2.36. The van der Waals surface area contributed by atoms with Crippen LogP contribution in [-0.2, 0) is 4.74 Å². The van der Waals surface area contributed by atoms with Crippen molar-refractivity contribution in [1.82, 2.24) is 4.90 Å². The predicted molar refractivity (Wildman–Crippen MR) is 79.5 cm³/mol. The fourth-order valence-corrected chi connectivity index (χ4v) is 3.58. The number of piperidine rings is 1. The number of phenolic OH excluding ortho intramolecular Hbond substituents is 1. The van der Waals surface area contributed by atoms with Gasteiger partial charge in [-0.15, -0.1) is 0 Å². The molecule has 2 aliphatic rings. The molecule has 1 heterocycles. The van der Waals surface area contributed by atoms with Gasteiger partial charge in [-0.05, 0) is 42.9 Å². The Balaban J connectivity index is 1.83. The quantitative estimate of drug-likeness (QED) is 0.795. The molecule has 1 aromatic rings. The van der Waals surface area contributed by atoms with Crippen LogP contribution in [0.2, 0.25) is 0 Å². The van der Waals surface area contributed by atoms with E-state index in [0.717, 1.165) is 12.8 Å². The van der Waals surface area contributed by atoms with Gasteiger partial charge in [0.2, 0.25) is 0 Å². The zero-order valence-electron chi connectivity index (χ0n) is 12.5. The van der Waals surface area contributed by atoms with Crippen molar-refractivity contribution in [3.05, 3.63) is 29.3 Å². The van der Waals surface area contributed by atoms with Gasteiger partial charge in [0.05, 0.1) is 12.7 Å². The average Bonchev–Trinajstić information content (AvgIpc) is 2.74. The van der Waals surface area contributed by atoms with Gasteiger partial charge in [-0.1, -0.05) is 0 Å². The number of esters is 1. The van der Waals surface area contributed by atoms with Crippen molar-refractivity contribution >= 4 is 11.9 Å². The second-order valence-electron chi connectivity index (χ2n) is 6.15. The lowest BCUT2D eigenvalue weighted by Gasteiger charge is -2.36. The normalized spacial score (nSPS) is 26.8. The van der Waals surface area contributed by atoms with E-state index in [0.29, 0.717) is 30.5 Å². The fraction of sp³-hybridized carbons (Fsp3) is 0.500. The first-order valence-corrected chi connectivity index (χ1v) is 7.47. The minimum Gasteiger partial charge on any atom is -0.508 e. The highest BCUT2D eigenvalue weighted by atomic mass is 16.5. The van der Waals surface area contributed by atoms with Gasteiger partial charge in [0.15, 0.2) is 0 Å². The van der Waals surface area contributed by atoms with Crippen LogP contribution < -0.4 is 5.73 Å². The van der Waals surface area contributed by atoms with E-state index >= 15 is 0 Å². The van der Waals surface area contributed by atoms with Crippen molar-refractivity contribution in [2.45, 2.75) is 18.9 Å². The van der Waals surface area contributed by atoms with E-state index in [4.69, 9.17) is 5.73 Å². The zero-order chi connectivity index (χ0) is 15.9. The summed E-state index contributed by atoms with van der Waals surface area (Å²) in [6.07, 6.45) is 2.12. The molecule has 1 aliphatic heterocycles. The third kappa shape index (κ3) is 2.54. The van der Waals surface area contributed by atoms with Gasteiger partial charge in [0, 0.05) is 24.7 Å². The number of hydrogen-bond donors (Lipinski definition) is 2. The Morgan fingerprint density at radius 3 is 2.36 bits per heavy atom. The molecule has 1 aliphatic carbocycles. The molecule has 1 saturated carbocycles. The van der Waals surface area contributed by atoms with Crippen molar-refractivity contribution in [2.24, 2.45) is 17.6 Å². The molecule has 1 amide bonds. The second kappa shape index (κ2) is 5.61. The molecule has 0 aromatic heterocycles. The number of hydrogen-bond acceptors (Lipinski definition) is 5. The Morgan fingerprint density at radius 1 is 1.18 bits per heavy atom. The molecule has 6 nitrogen and oxygen atoms in total. The Bertz CT molecular complexity index is 602. The molecule has 3 N–H and O–H groups in total.